The van der Waals surface area contributed by atoms with Gasteiger partial charge in [-0.1, -0.05) is 6.92 Å². The highest BCUT2D eigenvalue weighted by atomic mass is 16.2. The number of carbonyl (C=O) groups excluding carboxylic acids is 1. The van der Waals surface area contributed by atoms with Crippen molar-refractivity contribution < 1.29 is 4.79 Å². The van der Waals surface area contributed by atoms with Crippen molar-refractivity contribution in [2.75, 3.05) is 0 Å². The van der Waals surface area contributed by atoms with Gasteiger partial charge in [0.05, 0.1) is 6.17 Å². The van der Waals surface area contributed by atoms with Crippen LogP contribution >= 0.6 is 0 Å². The minimum Gasteiger partial charge on any atom is -0.324 e. The number of piperidine rings is 3. The van der Waals surface area contributed by atoms with E-state index < -0.39 is 0 Å². The van der Waals surface area contributed by atoms with E-state index in [0.29, 0.717) is 18.1 Å². The Hall–Kier alpha value is -0.570. The zero-order valence-corrected chi connectivity index (χ0v) is 12.1. The summed E-state index contributed by atoms with van der Waals surface area (Å²) in [6, 6.07) is 2.10. The Labute approximate surface area is 116 Å². The van der Waals surface area contributed by atoms with Crippen LogP contribution in [0.15, 0.2) is 0 Å². The smallest absolute Gasteiger partial charge is 0.224 e. The van der Waals surface area contributed by atoms with Crippen molar-refractivity contribution in [2.45, 2.75) is 89.0 Å². The summed E-state index contributed by atoms with van der Waals surface area (Å²) in [5.41, 5.74) is 0. The lowest BCUT2D eigenvalue weighted by Gasteiger charge is -2.60. The third kappa shape index (κ3) is 1.84. The molecule has 0 aliphatic carbocycles. The highest BCUT2D eigenvalue weighted by Gasteiger charge is 2.50. The molecule has 1 amide bonds. The van der Waals surface area contributed by atoms with Gasteiger partial charge in [0.25, 0.3) is 0 Å². The van der Waals surface area contributed by atoms with Gasteiger partial charge in [0.1, 0.15) is 0 Å². The van der Waals surface area contributed by atoms with Crippen LogP contribution in [0.1, 0.15) is 64.7 Å². The maximum Gasteiger partial charge on any atom is 0.224 e. The fourth-order valence-corrected chi connectivity index (χ4v) is 5.42. The van der Waals surface area contributed by atoms with Gasteiger partial charge in [-0.25, -0.2) is 0 Å². The van der Waals surface area contributed by atoms with Gasteiger partial charge in [-0.3, -0.25) is 9.69 Å². The van der Waals surface area contributed by atoms with E-state index in [4.69, 9.17) is 0 Å². The van der Waals surface area contributed by atoms with Gasteiger partial charge in [-0.15, -0.1) is 0 Å². The van der Waals surface area contributed by atoms with Crippen molar-refractivity contribution in [1.82, 2.24) is 9.80 Å². The molecule has 5 atom stereocenters. The largest absolute Gasteiger partial charge is 0.324 e. The summed E-state index contributed by atoms with van der Waals surface area (Å²) in [6.07, 6.45) is 11.5. The Morgan fingerprint density at radius 2 is 1.74 bits per heavy atom. The molecular formula is C16H26N2O. The van der Waals surface area contributed by atoms with Crippen LogP contribution < -0.4 is 0 Å². The molecule has 0 radical (unpaired) electrons. The average Bonchev–Trinajstić information content (AvgIpc) is 2.38. The van der Waals surface area contributed by atoms with Gasteiger partial charge < -0.3 is 4.90 Å². The summed E-state index contributed by atoms with van der Waals surface area (Å²) in [7, 11) is 0. The molecule has 0 aromatic rings. The Kier molecular flexibility index (Phi) is 2.87. The summed E-state index contributed by atoms with van der Waals surface area (Å²) in [5.74, 6) is 1.33. The average molecular weight is 262 g/mol. The van der Waals surface area contributed by atoms with Crippen LogP contribution in [0.5, 0.6) is 0 Å². The lowest BCUT2D eigenvalue weighted by Crippen LogP contribution is -2.69. The Morgan fingerprint density at radius 1 is 0.947 bits per heavy atom. The topological polar surface area (TPSA) is 23.6 Å². The molecule has 4 rings (SSSR count). The lowest BCUT2D eigenvalue weighted by molar-refractivity contribution is -0.171. The van der Waals surface area contributed by atoms with Crippen LogP contribution in [0.25, 0.3) is 0 Å². The van der Waals surface area contributed by atoms with Crippen molar-refractivity contribution >= 4 is 5.91 Å². The minimum absolute atomic E-state index is 0.443. The second-order valence-electron chi connectivity index (χ2n) is 7.33. The fraction of sp³-hybridized carbons (Fsp3) is 0.938. The minimum atomic E-state index is 0.443. The molecule has 4 aliphatic heterocycles. The maximum atomic E-state index is 12.4. The monoisotopic (exact) mass is 262 g/mol. The van der Waals surface area contributed by atoms with Gasteiger partial charge >= 0.3 is 0 Å². The Balaban J connectivity index is 1.66. The van der Waals surface area contributed by atoms with Crippen LogP contribution in [-0.4, -0.2) is 40.0 Å². The fourth-order valence-electron chi connectivity index (χ4n) is 5.42. The second-order valence-corrected chi connectivity index (χ2v) is 7.33. The van der Waals surface area contributed by atoms with E-state index >= 15 is 0 Å². The van der Waals surface area contributed by atoms with E-state index in [0.717, 1.165) is 30.8 Å². The first kappa shape index (κ1) is 12.2. The van der Waals surface area contributed by atoms with Crippen molar-refractivity contribution in [3.05, 3.63) is 0 Å². The van der Waals surface area contributed by atoms with Crippen LogP contribution in [0.2, 0.25) is 0 Å². The molecule has 19 heavy (non-hydrogen) atoms. The Bertz CT molecular complexity index is 383. The molecular weight excluding hydrogens is 236 g/mol. The van der Waals surface area contributed by atoms with E-state index in [1.165, 1.54) is 44.9 Å². The normalized spacial score (nSPS) is 46.7. The van der Waals surface area contributed by atoms with Gasteiger partial charge in [-0.2, -0.15) is 0 Å². The number of amides is 1. The van der Waals surface area contributed by atoms with E-state index in [1.807, 2.05) is 0 Å². The first-order valence-corrected chi connectivity index (χ1v) is 8.32. The third-order valence-corrected chi connectivity index (χ3v) is 6.01. The second kappa shape index (κ2) is 4.47. The summed E-state index contributed by atoms with van der Waals surface area (Å²) in [4.78, 5) is 17.4. The molecule has 0 aromatic heterocycles. The molecule has 0 spiro atoms. The SMILES string of the molecule is C[C@H]1C[C@@H]2CCC[C@@H]3N4C(=O)CCC[C@@H]4C[C@H](C1)N23. The number of nitrogens with zero attached hydrogens (tertiary/aromatic N) is 2. The predicted octanol–water partition coefficient (Wildman–Crippen LogP) is 2.75. The first-order valence-electron chi connectivity index (χ1n) is 8.32. The summed E-state index contributed by atoms with van der Waals surface area (Å²) >= 11 is 0. The number of carbonyl (C=O) groups is 1. The number of fused-ring (bicyclic) bond motifs is 2. The van der Waals surface area contributed by atoms with E-state index in [1.54, 1.807) is 0 Å². The molecule has 3 heteroatoms. The number of hydrogen-bond acceptors (Lipinski definition) is 2. The first-order chi connectivity index (χ1) is 9.24. The molecule has 0 unspecified atom stereocenters. The third-order valence-electron chi connectivity index (χ3n) is 6.01. The van der Waals surface area contributed by atoms with Crippen LogP contribution in [0, 0.1) is 5.92 Å². The highest BCUT2D eigenvalue weighted by molar-refractivity contribution is 5.77. The molecule has 106 valence electrons. The van der Waals surface area contributed by atoms with Crippen molar-refractivity contribution in [3.8, 4) is 0 Å². The van der Waals surface area contributed by atoms with E-state index in [-0.39, 0.29) is 0 Å². The van der Waals surface area contributed by atoms with Crippen molar-refractivity contribution in [1.29, 1.82) is 0 Å². The molecule has 3 nitrogen and oxygen atoms in total. The van der Waals surface area contributed by atoms with Gasteiger partial charge in [0.15, 0.2) is 0 Å². The summed E-state index contributed by atoms with van der Waals surface area (Å²) < 4.78 is 0. The zero-order chi connectivity index (χ0) is 13.0. The van der Waals surface area contributed by atoms with E-state index in [2.05, 4.69) is 16.7 Å². The molecule has 4 saturated heterocycles. The molecule has 0 saturated carbocycles. The molecule has 0 aromatic carbocycles. The number of rotatable bonds is 0. The molecule has 0 N–H and O–H groups in total. The van der Waals surface area contributed by atoms with Crippen molar-refractivity contribution in [3.63, 3.8) is 0 Å². The number of hydrogen-bond donors (Lipinski definition) is 0. The van der Waals surface area contributed by atoms with Crippen LogP contribution in [0.3, 0.4) is 0 Å². The summed E-state index contributed by atoms with van der Waals surface area (Å²) in [6.45, 7) is 2.43. The standard InChI is InChI=1S/C16H26N2O/c1-11-8-12-4-2-6-15-17(12)14(9-11)10-13-5-3-7-16(19)18(13)15/h11-15H,2-10H2,1H3/t11-,12-,13+,14-,15-/m0/s1. The summed E-state index contributed by atoms with van der Waals surface area (Å²) in [5, 5.41) is 0. The quantitative estimate of drug-likeness (QED) is 0.670. The molecule has 4 aliphatic rings. The van der Waals surface area contributed by atoms with Crippen molar-refractivity contribution in [2.24, 2.45) is 5.92 Å². The molecule has 4 fully saturated rings. The maximum absolute atomic E-state index is 12.4. The molecule has 4 heterocycles. The van der Waals surface area contributed by atoms with Gasteiger partial charge in [-0.05, 0) is 57.3 Å². The van der Waals surface area contributed by atoms with E-state index in [9.17, 15) is 4.79 Å². The van der Waals surface area contributed by atoms with Gasteiger partial charge in [0.2, 0.25) is 5.91 Å². The van der Waals surface area contributed by atoms with Crippen LogP contribution in [-0.2, 0) is 4.79 Å². The van der Waals surface area contributed by atoms with Crippen LogP contribution in [0.4, 0.5) is 0 Å². The zero-order valence-electron chi connectivity index (χ0n) is 12.1. The molecule has 0 bridgehead atoms. The lowest BCUT2D eigenvalue weighted by atomic mass is 9.76. The van der Waals surface area contributed by atoms with Gasteiger partial charge in [0, 0.05) is 24.5 Å². The Morgan fingerprint density at radius 3 is 2.63 bits per heavy atom. The predicted molar refractivity (Wildman–Crippen MR) is 74.6 cm³/mol. The highest BCUT2D eigenvalue weighted by Crippen LogP contribution is 2.44.